The van der Waals surface area contributed by atoms with Crippen LogP contribution in [-0.4, -0.2) is 17.4 Å². The number of amides is 1. The van der Waals surface area contributed by atoms with Crippen LogP contribution >= 0.6 is 0 Å². The molecule has 1 heterocycles. The lowest BCUT2D eigenvalue weighted by atomic mass is 10.1. The van der Waals surface area contributed by atoms with E-state index in [0.717, 1.165) is 16.8 Å². The fourth-order valence-electron chi connectivity index (χ4n) is 2.89. The zero-order chi connectivity index (χ0) is 17.1. The number of rotatable bonds is 4. The van der Waals surface area contributed by atoms with Crippen LogP contribution < -0.4 is 4.90 Å². The Labute approximate surface area is 139 Å². The average molecular weight is 321 g/mol. The molecule has 2 aromatic rings. The minimum Gasteiger partial charge on any atom is -0.312 e. The zero-order valence-electron chi connectivity index (χ0n) is 12.9. The number of hydrogen-bond donors (Lipinski definition) is 0. The molecule has 1 aliphatic heterocycles. The number of nitrogens with zero attached hydrogens (tertiary/aromatic N) is 3. The van der Waals surface area contributed by atoms with Gasteiger partial charge in [0.1, 0.15) is 0 Å². The number of nitriles is 1. The van der Waals surface area contributed by atoms with Crippen molar-refractivity contribution in [3.63, 3.8) is 0 Å². The van der Waals surface area contributed by atoms with Crippen molar-refractivity contribution in [3.8, 4) is 6.07 Å². The third kappa shape index (κ3) is 3.10. The molecule has 1 amide bonds. The Balaban J connectivity index is 1.67. The number of nitro benzene ring substituents is 1. The first-order valence-electron chi connectivity index (χ1n) is 7.65. The van der Waals surface area contributed by atoms with Crippen LogP contribution in [0.2, 0.25) is 0 Å². The number of hydrogen-bond acceptors (Lipinski definition) is 4. The molecule has 0 saturated carbocycles. The Hall–Kier alpha value is -3.20. The fourth-order valence-corrected chi connectivity index (χ4v) is 2.89. The van der Waals surface area contributed by atoms with Crippen molar-refractivity contribution in [2.24, 2.45) is 0 Å². The van der Waals surface area contributed by atoms with E-state index in [0.29, 0.717) is 31.4 Å². The normalized spacial score (nSPS) is 12.5. The summed E-state index contributed by atoms with van der Waals surface area (Å²) in [5, 5.41) is 19.6. The molecule has 0 N–H and O–H groups in total. The Morgan fingerprint density at radius 2 is 2.00 bits per heavy atom. The second-order valence-corrected chi connectivity index (χ2v) is 5.67. The first-order valence-corrected chi connectivity index (χ1v) is 7.65. The molecule has 0 unspecified atom stereocenters. The largest absolute Gasteiger partial charge is 0.312 e. The monoisotopic (exact) mass is 321 g/mol. The van der Waals surface area contributed by atoms with Gasteiger partial charge in [0.05, 0.1) is 16.6 Å². The topological polar surface area (TPSA) is 87.2 Å². The van der Waals surface area contributed by atoms with Crippen molar-refractivity contribution in [3.05, 3.63) is 69.3 Å². The van der Waals surface area contributed by atoms with Gasteiger partial charge in [-0.1, -0.05) is 12.1 Å². The van der Waals surface area contributed by atoms with Crippen molar-refractivity contribution in [1.29, 1.82) is 5.26 Å². The number of anilines is 1. The first kappa shape index (κ1) is 15.7. The van der Waals surface area contributed by atoms with Crippen LogP contribution in [0.3, 0.4) is 0 Å². The lowest BCUT2D eigenvalue weighted by Crippen LogP contribution is -2.29. The lowest BCUT2D eigenvalue weighted by Gasteiger charge is -2.17. The molecular formula is C18H15N3O3. The molecule has 120 valence electrons. The number of nitro groups is 1. The molecule has 1 aliphatic rings. The smallest absolute Gasteiger partial charge is 0.269 e. The van der Waals surface area contributed by atoms with Crippen LogP contribution in [0.15, 0.2) is 42.5 Å². The van der Waals surface area contributed by atoms with Gasteiger partial charge in [-0.25, -0.2) is 0 Å². The van der Waals surface area contributed by atoms with E-state index < -0.39 is 4.92 Å². The second kappa shape index (κ2) is 6.50. The van der Waals surface area contributed by atoms with Gasteiger partial charge >= 0.3 is 0 Å². The van der Waals surface area contributed by atoms with Crippen molar-refractivity contribution in [2.45, 2.75) is 19.3 Å². The molecule has 6 nitrogen and oxygen atoms in total. The highest BCUT2D eigenvalue weighted by atomic mass is 16.6. The second-order valence-electron chi connectivity index (χ2n) is 5.67. The van der Waals surface area contributed by atoms with Crippen LogP contribution in [0, 0.1) is 21.4 Å². The number of aryl methyl sites for hydroxylation is 1. The van der Waals surface area contributed by atoms with E-state index in [1.54, 1.807) is 29.2 Å². The fraction of sp³-hybridized carbons (Fsp3) is 0.222. The predicted octanol–water partition coefficient (Wildman–Crippen LogP) is 2.99. The molecule has 24 heavy (non-hydrogen) atoms. The number of fused-ring (bicyclic) bond motifs is 1. The summed E-state index contributed by atoms with van der Waals surface area (Å²) >= 11 is 0. The summed E-state index contributed by atoms with van der Waals surface area (Å²) in [6.07, 6.45) is 1.60. The minimum absolute atomic E-state index is 0.00645. The van der Waals surface area contributed by atoms with E-state index in [2.05, 4.69) is 6.07 Å². The number of non-ortho nitro benzene ring substituents is 1. The van der Waals surface area contributed by atoms with Crippen molar-refractivity contribution in [2.75, 3.05) is 11.4 Å². The SMILES string of the molecule is N#Cc1ccc(CCC(=O)N2CCc3cc([N+](=O)[O-])ccc32)cc1. The van der Waals surface area contributed by atoms with Gasteiger partial charge in [-0.3, -0.25) is 14.9 Å². The maximum absolute atomic E-state index is 12.5. The molecular weight excluding hydrogens is 306 g/mol. The molecule has 0 aliphatic carbocycles. The molecule has 0 fully saturated rings. The van der Waals surface area contributed by atoms with Crippen LogP contribution in [-0.2, 0) is 17.6 Å². The van der Waals surface area contributed by atoms with Crippen molar-refractivity contribution >= 4 is 17.3 Å². The van der Waals surface area contributed by atoms with Gasteiger partial charge in [0.15, 0.2) is 0 Å². The van der Waals surface area contributed by atoms with E-state index in [-0.39, 0.29) is 11.6 Å². The number of carbonyl (C=O) groups is 1. The summed E-state index contributed by atoms with van der Waals surface area (Å²) < 4.78 is 0. The molecule has 6 heteroatoms. The summed E-state index contributed by atoms with van der Waals surface area (Å²) in [7, 11) is 0. The third-order valence-corrected chi connectivity index (χ3v) is 4.18. The minimum atomic E-state index is -0.421. The quantitative estimate of drug-likeness (QED) is 0.640. The molecule has 0 saturated heterocycles. The number of benzene rings is 2. The average Bonchev–Trinajstić information content (AvgIpc) is 3.03. The molecule has 0 radical (unpaired) electrons. The van der Waals surface area contributed by atoms with Gasteiger partial charge in [0.25, 0.3) is 5.69 Å². The van der Waals surface area contributed by atoms with Gasteiger partial charge < -0.3 is 4.90 Å². The number of carbonyl (C=O) groups excluding carboxylic acids is 1. The van der Waals surface area contributed by atoms with Crippen LogP contribution in [0.1, 0.15) is 23.1 Å². The Morgan fingerprint density at radius 1 is 1.25 bits per heavy atom. The van der Waals surface area contributed by atoms with Gasteiger partial charge in [-0.2, -0.15) is 5.26 Å². The summed E-state index contributed by atoms with van der Waals surface area (Å²) in [6.45, 7) is 0.558. The molecule has 0 spiro atoms. The lowest BCUT2D eigenvalue weighted by molar-refractivity contribution is -0.384. The summed E-state index contributed by atoms with van der Waals surface area (Å²) in [5.41, 5.74) is 3.27. The van der Waals surface area contributed by atoms with E-state index in [1.807, 2.05) is 12.1 Å². The molecule has 3 rings (SSSR count). The Kier molecular flexibility index (Phi) is 4.25. The summed E-state index contributed by atoms with van der Waals surface area (Å²) in [4.78, 5) is 24.6. The summed E-state index contributed by atoms with van der Waals surface area (Å²) in [5.74, 6) is 0.00645. The summed E-state index contributed by atoms with van der Waals surface area (Å²) in [6, 6.07) is 13.9. The van der Waals surface area contributed by atoms with Gasteiger partial charge in [-0.15, -0.1) is 0 Å². The molecule has 2 aromatic carbocycles. The van der Waals surface area contributed by atoms with E-state index >= 15 is 0 Å². The predicted molar refractivity (Wildman–Crippen MR) is 88.6 cm³/mol. The highest BCUT2D eigenvalue weighted by Crippen LogP contribution is 2.31. The standard InChI is InChI=1S/C18H15N3O3/c19-12-14-3-1-13(2-4-14)5-8-18(22)20-10-9-15-11-16(21(23)24)6-7-17(15)20/h1-4,6-7,11H,5,8-10H2. The van der Waals surface area contributed by atoms with Gasteiger partial charge in [0.2, 0.25) is 5.91 Å². The van der Waals surface area contributed by atoms with E-state index in [4.69, 9.17) is 5.26 Å². The highest BCUT2D eigenvalue weighted by Gasteiger charge is 2.25. The van der Waals surface area contributed by atoms with Crippen molar-refractivity contribution in [1.82, 2.24) is 0 Å². The van der Waals surface area contributed by atoms with Gasteiger partial charge in [0, 0.05) is 30.8 Å². The van der Waals surface area contributed by atoms with Crippen molar-refractivity contribution < 1.29 is 9.72 Å². The molecule has 0 aromatic heterocycles. The van der Waals surface area contributed by atoms with Crippen LogP contribution in [0.4, 0.5) is 11.4 Å². The first-order chi connectivity index (χ1) is 11.6. The van der Waals surface area contributed by atoms with Crippen LogP contribution in [0.5, 0.6) is 0 Å². The maximum atomic E-state index is 12.5. The van der Waals surface area contributed by atoms with Gasteiger partial charge in [-0.05, 0) is 42.2 Å². The highest BCUT2D eigenvalue weighted by molar-refractivity contribution is 5.95. The van der Waals surface area contributed by atoms with Crippen LogP contribution in [0.25, 0.3) is 0 Å². The van der Waals surface area contributed by atoms with E-state index in [1.165, 1.54) is 6.07 Å². The Morgan fingerprint density at radius 3 is 2.67 bits per heavy atom. The zero-order valence-corrected chi connectivity index (χ0v) is 12.9. The molecule has 0 bridgehead atoms. The third-order valence-electron chi connectivity index (χ3n) is 4.18. The Bertz CT molecular complexity index is 838. The van der Waals surface area contributed by atoms with E-state index in [9.17, 15) is 14.9 Å². The maximum Gasteiger partial charge on any atom is 0.269 e. The molecule has 0 atom stereocenters.